The molecule has 0 unspecified atom stereocenters. The van der Waals surface area contributed by atoms with Crippen molar-refractivity contribution < 1.29 is 0 Å². The number of amidine groups is 1. The Balaban J connectivity index is 3.20. The molecule has 3 heteroatoms. The maximum absolute atomic E-state index is 7.51. The molecule has 0 saturated carbocycles. The molecule has 0 atom stereocenters. The molecule has 0 amide bonds. The highest BCUT2D eigenvalue weighted by Crippen LogP contribution is 2.24. The van der Waals surface area contributed by atoms with Gasteiger partial charge in [-0.15, -0.1) is 0 Å². The normalized spacial score (nSPS) is 11.2. The Morgan fingerprint density at radius 1 is 1.47 bits per heavy atom. The molecule has 1 rings (SSSR count). The second-order valence-electron chi connectivity index (χ2n) is 4.64. The Morgan fingerprint density at radius 2 is 2.07 bits per heavy atom. The van der Waals surface area contributed by atoms with E-state index in [0.717, 1.165) is 5.56 Å². The number of nitrogens with zero attached hydrogens (tertiary/aromatic N) is 2. The molecule has 0 radical (unpaired) electrons. The van der Waals surface area contributed by atoms with Crippen molar-refractivity contribution in [1.29, 1.82) is 5.41 Å². The highest BCUT2D eigenvalue weighted by molar-refractivity contribution is 5.97. The maximum atomic E-state index is 7.51. The van der Waals surface area contributed by atoms with Crippen molar-refractivity contribution in [3.05, 3.63) is 29.1 Å². The van der Waals surface area contributed by atoms with Crippen LogP contribution in [0.2, 0.25) is 0 Å². The molecule has 1 aromatic heterocycles. The van der Waals surface area contributed by atoms with Gasteiger partial charge >= 0.3 is 0 Å². The summed E-state index contributed by atoms with van der Waals surface area (Å²) in [5, 5.41) is 7.51. The summed E-state index contributed by atoms with van der Waals surface area (Å²) >= 11 is 0. The molecule has 1 heterocycles. The lowest BCUT2D eigenvalue weighted by Gasteiger charge is -2.21. The van der Waals surface area contributed by atoms with Crippen LogP contribution in [-0.4, -0.2) is 17.5 Å². The number of nitrogens with one attached hydrogen (secondary N) is 1. The van der Waals surface area contributed by atoms with Crippen molar-refractivity contribution in [2.45, 2.75) is 33.1 Å². The van der Waals surface area contributed by atoms with Gasteiger partial charge in [0.1, 0.15) is 5.69 Å². The minimum absolute atomic E-state index is 0.0827. The number of rotatable bonds is 1. The van der Waals surface area contributed by atoms with Crippen molar-refractivity contribution >= 4 is 12.6 Å². The summed E-state index contributed by atoms with van der Waals surface area (Å²) in [6.07, 6.45) is 1.82. The molecule has 0 bridgehead atoms. The first kappa shape index (κ1) is 11.6. The van der Waals surface area contributed by atoms with E-state index in [0.29, 0.717) is 5.69 Å². The fourth-order valence-electron chi connectivity index (χ4n) is 1.55. The van der Waals surface area contributed by atoms with E-state index in [1.807, 2.05) is 19.2 Å². The summed E-state index contributed by atoms with van der Waals surface area (Å²) in [6.45, 7) is 11.8. The number of aliphatic imine (C=N–C) groups is 1. The van der Waals surface area contributed by atoms with Crippen LogP contribution in [0, 0.1) is 12.3 Å². The maximum Gasteiger partial charge on any atom is 0.170 e. The SMILES string of the molecule is C=NC(=N)c1cc(C)c(C(C)(C)C)cn1. The van der Waals surface area contributed by atoms with Crippen LogP contribution >= 0.6 is 0 Å². The van der Waals surface area contributed by atoms with Crippen LogP contribution in [0.3, 0.4) is 0 Å². The lowest BCUT2D eigenvalue weighted by atomic mass is 9.85. The lowest BCUT2D eigenvalue weighted by Crippen LogP contribution is -2.14. The van der Waals surface area contributed by atoms with Gasteiger partial charge in [-0.2, -0.15) is 0 Å². The molecule has 15 heavy (non-hydrogen) atoms. The van der Waals surface area contributed by atoms with Crippen LogP contribution in [0.4, 0.5) is 0 Å². The molecular weight excluding hydrogens is 186 g/mol. The molecule has 0 saturated heterocycles. The molecule has 0 aliphatic rings. The summed E-state index contributed by atoms with van der Waals surface area (Å²) in [5.41, 5.74) is 3.00. The van der Waals surface area contributed by atoms with Crippen LogP contribution in [0.1, 0.15) is 37.6 Å². The largest absolute Gasteiger partial charge is 0.281 e. The summed E-state index contributed by atoms with van der Waals surface area (Å²) in [7, 11) is 0. The molecule has 80 valence electrons. The lowest BCUT2D eigenvalue weighted by molar-refractivity contribution is 0.583. The van der Waals surface area contributed by atoms with E-state index >= 15 is 0 Å². The average Bonchev–Trinajstić information content (AvgIpc) is 2.14. The summed E-state index contributed by atoms with van der Waals surface area (Å²) in [5.74, 6) is 0.124. The van der Waals surface area contributed by atoms with E-state index < -0.39 is 0 Å². The predicted molar refractivity (Wildman–Crippen MR) is 64.1 cm³/mol. The highest BCUT2D eigenvalue weighted by atomic mass is 14.9. The quantitative estimate of drug-likeness (QED) is 0.553. The van der Waals surface area contributed by atoms with Gasteiger partial charge in [0.15, 0.2) is 5.84 Å². The summed E-state index contributed by atoms with van der Waals surface area (Å²) in [4.78, 5) is 7.78. The van der Waals surface area contributed by atoms with E-state index in [1.165, 1.54) is 5.56 Å². The third kappa shape index (κ3) is 2.49. The second-order valence-corrected chi connectivity index (χ2v) is 4.64. The zero-order valence-electron chi connectivity index (χ0n) is 9.76. The molecule has 0 spiro atoms. The van der Waals surface area contributed by atoms with Crippen LogP contribution < -0.4 is 0 Å². The van der Waals surface area contributed by atoms with Crippen molar-refractivity contribution in [3.63, 3.8) is 0 Å². The number of hydrogen-bond donors (Lipinski definition) is 1. The minimum Gasteiger partial charge on any atom is -0.281 e. The first-order valence-electron chi connectivity index (χ1n) is 4.89. The molecule has 1 N–H and O–H groups in total. The predicted octanol–water partition coefficient (Wildman–Crippen LogP) is 2.71. The topological polar surface area (TPSA) is 49.1 Å². The van der Waals surface area contributed by atoms with Gasteiger partial charge in [-0.1, -0.05) is 20.8 Å². The van der Waals surface area contributed by atoms with Crippen molar-refractivity contribution in [2.24, 2.45) is 4.99 Å². The number of pyridine rings is 1. The zero-order chi connectivity index (χ0) is 11.6. The van der Waals surface area contributed by atoms with Crippen LogP contribution in [-0.2, 0) is 5.41 Å². The molecule has 3 nitrogen and oxygen atoms in total. The molecule has 0 aromatic carbocycles. The Kier molecular flexibility index (Phi) is 3.03. The van der Waals surface area contributed by atoms with Crippen molar-refractivity contribution in [2.75, 3.05) is 0 Å². The molecule has 0 aliphatic carbocycles. The van der Waals surface area contributed by atoms with E-state index in [9.17, 15) is 0 Å². The van der Waals surface area contributed by atoms with Gasteiger partial charge in [0.25, 0.3) is 0 Å². The Hall–Kier alpha value is -1.51. The van der Waals surface area contributed by atoms with Crippen LogP contribution in [0.15, 0.2) is 17.3 Å². The number of hydrogen-bond acceptors (Lipinski definition) is 2. The minimum atomic E-state index is 0.0827. The fraction of sp³-hybridized carbons (Fsp3) is 0.417. The summed E-state index contributed by atoms with van der Waals surface area (Å²) < 4.78 is 0. The van der Waals surface area contributed by atoms with Gasteiger partial charge in [-0.3, -0.25) is 10.4 Å². The first-order valence-corrected chi connectivity index (χ1v) is 4.89. The van der Waals surface area contributed by atoms with Gasteiger partial charge < -0.3 is 0 Å². The zero-order valence-corrected chi connectivity index (χ0v) is 9.76. The van der Waals surface area contributed by atoms with Crippen molar-refractivity contribution in [3.8, 4) is 0 Å². The van der Waals surface area contributed by atoms with Gasteiger partial charge in [-0.25, -0.2) is 4.99 Å². The van der Waals surface area contributed by atoms with E-state index in [2.05, 4.69) is 37.5 Å². The van der Waals surface area contributed by atoms with Crippen molar-refractivity contribution in [1.82, 2.24) is 4.98 Å². The average molecular weight is 203 g/mol. The molecule has 0 fully saturated rings. The summed E-state index contributed by atoms with van der Waals surface area (Å²) in [6, 6.07) is 1.89. The van der Waals surface area contributed by atoms with Crippen LogP contribution in [0.5, 0.6) is 0 Å². The Labute approximate surface area is 90.8 Å². The molecule has 0 aliphatic heterocycles. The fourth-order valence-corrected chi connectivity index (χ4v) is 1.55. The van der Waals surface area contributed by atoms with Crippen LogP contribution in [0.25, 0.3) is 0 Å². The van der Waals surface area contributed by atoms with Gasteiger partial charge in [0.2, 0.25) is 0 Å². The second kappa shape index (κ2) is 3.93. The smallest absolute Gasteiger partial charge is 0.170 e. The van der Waals surface area contributed by atoms with E-state index in [1.54, 1.807) is 0 Å². The number of aromatic nitrogens is 1. The standard InChI is InChI=1S/C12H17N3/c1-8-6-10(11(13)14-5)15-7-9(8)12(2,3)4/h6-7,13H,5H2,1-4H3. The van der Waals surface area contributed by atoms with Gasteiger partial charge in [0.05, 0.1) is 0 Å². The Bertz CT molecular complexity index is 400. The monoisotopic (exact) mass is 203 g/mol. The van der Waals surface area contributed by atoms with E-state index in [4.69, 9.17) is 5.41 Å². The Morgan fingerprint density at radius 3 is 2.47 bits per heavy atom. The van der Waals surface area contributed by atoms with Gasteiger partial charge in [0, 0.05) is 6.20 Å². The first-order chi connectivity index (χ1) is 6.86. The molecular formula is C12H17N3. The highest BCUT2D eigenvalue weighted by Gasteiger charge is 2.17. The van der Waals surface area contributed by atoms with Gasteiger partial charge in [-0.05, 0) is 36.2 Å². The third-order valence-electron chi connectivity index (χ3n) is 2.32. The number of aryl methyl sites for hydroxylation is 1. The third-order valence-corrected chi connectivity index (χ3v) is 2.32. The van der Waals surface area contributed by atoms with E-state index in [-0.39, 0.29) is 11.3 Å². The molecule has 1 aromatic rings.